The molecule has 0 saturated heterocycles. The Kier molecular flexibility index (Phi) is 7.69. The lowest BCUT2D eigenvalue weighted by Crippen LogP contribution is -2.34. The number of nitrogens with one attached hydrogen (secondary N) is 2. The first-order valence-corrected chi connectivity index (χ1v) is 13.0. The maximum Gasteiger partial charge on any atom is 0.254 e. The Morgan fingerprint density at radius 2 is 1.92 bits per heavy atom. The summed E-state index contributed by atoms with van der Waals surface area (Å²) in [6.45, 7) is 7.38. The Bertz CT molecular complexity index is 1530. The van der Waals surface area contributed by atoms with Gasteiger partial charge in [-0.25, -0.2) is 15.0 Å². The van der Waals surface area contributed by atoms with Gasteiger partial charge in [0.05, 0.1) is 23.8 Å². The zero-order chi connectivity index (χ0) is 27.4. The van der Waals surface area contributed by atoms with Crippen LogP contribution in [0.3, 0.4) is 0 Å². The number of amides is 2. The summed E-state index contributed by atoms with van der Waals surface area (Å²) in [5.41, 5.74) is 5.20. The lowest BCUT2D eigenvalue weighted by Gasteiger charge is -2.28. The highest BCUT2D eigenvalue weighted by molar-refractivity contribution is 5.99. The molecule has 4 aromatic rings. The van der Waals surface area contributed by atoms with E-state index in [0.29, 0.717) is 29.3 Å². The zero-order valence-corrected chi connectivity index (χ0v) is 22.3. The highest BCUT2D eigenvalue weighted by atomic mass is 16.2. The largest absolute Gasteiger partial charge is 0.323 e. The van der Waals surface area contributed by atoms with Gasteiger partial charge in [0, 0.05) is 43.0 Å². The van der Waals surface area contributed by atoms with Gasteiger partial charge >= 0.3 is 0 Å². The normalized spacial score (nSPS) is 14.0. The summed E-state index contributed by atoms with van der Waals surface area (Å²) in [5.74, 6) is 0.729. The number of pyridine rings is 2. The minimum absolute atomic E-state index is 0.160. The first-order chi connectivity index (χ1) is 18.9. The van der Waals surface area contributed by atoms with Crippen LogP contribution in [-0.2, 0) is 11.3 Å². The molecule has 9 heteroatoms. The Morgan fingerprint density at radius 3 is 2.62 bits per heavy atom. The van der Waals surface area contributed by atoms with Crippen LogP contribution in [0.15, 0.2) is 67.1 Å². The summed E-state index contributed by atoms with van der Waals surface area (Å²) in [7, 11) is 0. The molecule has 0 radical (unpaired) electrons. The van der Waals surface area contributed by atoms with E-state index in [1.165, 1.54) is 12.5 Å². The minimum Gasteiger partial charge on any atom is -0.323 e. The molecule has 2 amide bonds. The SMILES string of the molecule is CC(=O)Nc1nc2ccc(C(=O)N(Cc3ccc(C4=CCNCC4)cn3)[C@H](C)c3ncccn3)cc2cc1C. The van der Waals surface area contributed by atoms with E-state index in [4.69, 9.17) is 4.98 Å². The maximum absolute atomic E-state index is 14.0. The third-order valence-corrected chi connectivity index (χ3v) is 6.83. The van der Waals surface area contributed by atoms with Crippen molar-refractivity contribution in [3.8, 4) is 0 Å². The van der Waals surface area contributed by atoms with Crippen molar-refractivity contribution < 1.29 is 9.59 Å². The number of benzene rings is 1. The maximum atomic E-state index is 14.0. The molecule has 1 aromatic carbocycles. The summed E-state index contributed by atoms with van der Waals surface area (Å²) < 4.78 is 0. The van der Waals surface area contributed by atoms with Crippen LogP contribution in [0, 0.1) is 6.92 Å². The van der Waals surface area contributed by atoms with Crippen molar-refractivity contribution in [3.05, 3.63) is 95.3 Å². The van der Waals surface area contributed by atoms with E-state index in [1.54, 1.807) is 35.5 Å². The molecule has 0 spiro atoms. The fourth-order valence-corrected chi connectivity index (χ4v) is 4.69. The summed E-state index contributed by atoms with van der Waals surface area (Å²) >= 11 is 0. The van der Waals surface area contributed by atoms with Crippen LogP contribution in [0.4, 0.5) is 5.82 Å². The molecule has 1 atom stereocenters. The van der Waals surface area contributed by atoms with E-state index < -0.39 is 0 Å². The first kappa shape index (κ1) is 26.1. The average Bonchev–Trinajstić information content (AvgIpc) is 2.96. The smallest absolute Gasteiger partial charge is 0.254 e. The highest BCUT2D eigenvalue weighted by Gasteiger charge is 2.26. The van der Waals surface area contributed by atoms with Gasteiger partial charge in [0.25, 0.3) is 5.91 Å². The Labute approximate surface area is 227 Å². The number of carbonyl (C=O) groups is 2. The van der Waals surface area contributed by atoms with E-state index in [9.17, 15) is 9.59 Å². The number of nitrogens with zero attached hydrogens (tertiary/aromatic N) is 5. The molecule has 0 fully saturated rings. The Hall–Kier alpha value is -4.50. The summed E-state index contributed by atoms with van der Waals surface area (Å²) in [5, 5.41) is 6.90. The number of hydrogen-bond acceptors (Lipinski definition) is 7. The van der Waals surface area contributed by atoms with E-state index >= 15 is 0 Å². The van der Waals surface area contributed by atoms with Crippen LogP contribution in [-0.4, -0.2) is 49.7 Å². The lowest BCUT2D eigenvalue weighted by atomic mass is 10.0. The molecule has 9 nitrogen and oxygen atoms in total. The fourth-order valence-electron chi connectivity index (χ4n) is 4.69. The van der Waals surface area contributed by atoms with Gasteiger partial charge in [-0.05, 0) is 79.9 Å². The lowest BCUT2D eigenvalue weighted by molar-refractivity contribution is -0.114. The number of carbonyl (C=O) groups excluding carboxylic acids is 2. The van der Waals surface area contributed by atoms with E-state index in [0.717, 1.165) is 41.7 Å². The average molecular weight is 522 g/mol. The van der Waals surface area contributed by atoms with Crippen LogP contribution < -0.4 is 10.6 Å². The van der Waals surface area contributed by atoms with Crippen molar-refractivity contribution in [1.82, 2.24) is 30.2 Å². The molecule has 5 rings (SSSR count). The van der Waals surface area contributed by atoms with E-state index in [1.807, 2.05) is 38.2 Å². The first-order valence-electron chi connectivity index (χ1n) is 13.0. The molecule has 0 unspecified atom stereocenters. The number of rotatable bonds is 7. The van der Waals surface area contributed by atoms with Crippen LogP contribution in [0.2, 0.25) is 0 Å². The second-order valence-electron chi connectivity index (χ2n) is 9.68. The topological polar surface area (TPSA) is 113 Å². The van der Waals surface area contributed by atoms with Crippen LogP contribution in [0.1, 0.15) is 59.3 Å². The monoisotopic (exact) mass is 521 g/mol. The Balaban J connectivity index is 1.46. The molecular weight excluding hydrogens is 490 g/mol. The number of fused-ring (bicyclic) bond motifs is 1. The summed E-state index contributed by atoms with van der Waals surface area (Å²) in [6, 6.07) is 12.7. The second-order valence-corrected chi connectivity index (χ2v) is 9.68. The van der Waals surface area contributed by atoms with Gasteiger partial charge in [0.1, 0.15) is 11.6 Å². The van der Waals surface area contributed by atoms with Crippen molar-refractivity contribution in [3.63, 3.8) is 0 Å². The number of hydrogen-bond donors (Lipinski definition) is 2. The van der Waals surface area contributed by atoms with Crippen LogP contribution >= 0.6 is 0 Å². The summed E-state index contributed by atoms with van der Waals surface area (Å²) in [4.78, 5) is 45.3. The van der Waals surface area contributed by atoms with Gasteiger partial charge < -0.3 is 15.5 Å². The molecule has 3 aromatic heterocycles. The standard InChI is InChI=1S/C30H31N7O2/c1-19-15-25-16-23(6-8-27(25)36-28(19)35-21(3)38)30(39)37(20(2)29-32-11-4-12-33-29)18-26-7-5-24(17-34-26)22-9-13-31-14-10-22/h4-9,11-12,15-17,20,31H,10,13-14,18H2,1-3H3,(H,35,36,38)/t20-/m1/s1. The van der Waals surface area contributed by atoms with Crippen molar-refractivity contribution in [2.45, 2.75) is 39.8 Å². The fraction of sp³-hybridized carbons (Fsp3) is 0.267. The molecular formula is C30H31N7O2. The molecule has 2 N–H and O–H groups in total. The molecule has 1 aliphatic heterocycles. The minimum atomic E-state index is -0.384. The number of aryl methyl sites for hydroxylation is 1. The third kappa shape index (κ3) is 5.99. The zero-order valence-electron chi connectivity index (χ0n) is 22.3. The summed E-state index contributed by atoms with van der Waals surface area (Å²) in [6.07, 6.45) is 8.41. The molecule has 0 bridgehead atoms. The number of aromatic nitrogens is 4. The third-order valence-electron chi connectivity index (χ3n) is 6.83. The van der Waals surface area contributed by atoms with Gasteiger partial charge in [0.2, 0.25) is 5.91 Å². The highest BCUT2D eigenvalue weighted by Crippen LogP contribution is 2.26. The quantitative estimate of drug-likeness (QED) is 0.369. The second kappa shape index (κ2) is 11.5. The van der Waals surface area contributed by atoms with Gasteiger partial charge in [-0.15, -0.1) is 0 Å². The van der Waals surface area contributed by atoms with Gasteiger partial charge in [-0.1, -0.05) is 12.1 Å². The van der Waals surface area contributed by atoms with Crippen molar-refractivity contribution in [2.75, 3.05) is 18.4 Å². The molecule has 0 aliphatic carbocycles. The molecule has 0 saturated carbocycles. The predicted octanol–water partition coefficient (Wildman–Crippen LogP) is 4.47. The van der Waals surface area contributed by atoms with Gasteiger partial charge in [-0.3, -0.25) is 14.6 Å². The molecule has 39 heavy (non-hydrogen) atoms. The van der Waals surface area contributed by atoms with Crippen molar-refractivity contribution in [1.29, 1.82) is 0 Å². The molecule has 198 valence electrons. The van der Waals surface area contributed by atoms with Crippen molar-refractivity contribution in [2.24, 2.45) is 0 Å². The van der Waals surface area contributed by atoms with Crippen LogP contribution in [0.25, 0.3) is 16.5 Å². The molecule has 4 heterocycles. The van der Waals surface area contributed by atoms with Crippen LogP contribution in [0.5, 0.6) is 0 Å². The Morgan fingerprint density at radius 1 is 1.10 bits per heavy atom. The van der Waals surface area contributed by atoms with Crippen molar-refractivity contribution >= 4 is 34.1 Å². The van der Waals surface area contributed by atoms with Gasteiger partial charge in [-0.2, -0.15) is 0 Å². The number of anilines is 1. The van der Waals surface area contributed by atoms with E-state index in [2.05, 4.69) is 37.7 Å². The van der Waals surface area contributed by atoms with Gasteiger partial charge in [0.15, 0.2) is 0 Å². The molecule has 1 aliphatic rings. The van der Waals surface area contributed by atoms with E-state index in [-0.39, 0.29) is 17.9 Å². The predicted molar refractivity (Wildman–Crippen MR) is 151 cm³/mol.